The van der Waals surface area contributed by atoms with E-state index < -0.39 is 53.5 Å². The molecule has 16 nitrogen and oxygen atoms in total. The molecule has 0 unspecified atom stereocenters. The van der Waals surface area contributed by atoms with E-state index in [2.05, 4.69) is 20.5 Å². The molecule has 1 fully saturated rings. The zero-order valence-corrected chi connectivity index (χ0v) is 26.8. The van der Waals surface area contributed by atoms with E-state index in [4.69, 9.17) is 30.8 Å². The summed E-state index contributed by atoms with van der Waals surface area (Å²) in [7, 11) is 5.10. The molecule has 16 heteroatoms. The number of nitrogens with two attached hydrogens (primary N) is 2. The van der Waals surface area contributed by atoms with Crippen molar-refractivity contribution in [3.05, 3.63) is 35.1 Å². The number of likely N-dealkylation sites (tertiary alicyclic amines) is 1. The molecule has 3 amide bonds. The Morgan fingerprint density at radius 1 is 1.28 bits per heavy atom. The van der Waals surface area contributed by atoms with Gasteiger partial charge in [0.15, 0.2) is 23.6 Å². The molecule has 1 saturated heterocycles. The number of aliphatic imine (C=N–C) groups is 1. The van der Waals surface area contributed by atoms with Gasteiger partial charge in [-0.15, -0.1) is 0 Å². The molecule has 1 aromatic carbocycles. The summed E-state index contributed by atoms with van der Waals surface area (Å²) in [6.07, 6.45) is 1.56. The van der Waals surface area contributed by atoms with Gasteiger partial charge < -0.3 is 56.3 Å². The summed E-state index contributed by atoms with van der Waals surface area (Å²) in [5.41, 5.74) is 10.7. The van der Waals surface area contributed by atoms with Gasteiger partial charge in [0, 0.05) is 44.7 Å². The van der Waals surface area contributed by atoms with E-state index in [0.717, 1.165) is 17.7 Å². The van der Waals surface area contributed by atoms with E-state index in [-0.39, 0.29) is 44.5 Å². The number of guanidine groups is 1. The molecule has 256 valence electrons. The molecule has 5 atom stereocenters. The van der Waals surface area contributed by atoms with Crippen LogP contribution in [0, 0.1) is 0 Å². The van der Waals surface area contributed by atoms with Crippen molar-refractivity contribution in [3.8, 4) is 11.5 Å². The van der Waals surface area contributed by atoms with Crippen LogP contribution in [0.25, 0.3) is 0 Å². The number of benzene rings is 1. The quantitative estimate of drug-likeness (QED) is 0.0661. The number of carbonyl (C=O) groups excluding carboxylic acids is 3. The van der Waals surface area contributed by atoms with Crippen molar-refractivity contribution in [2.75, 3.05) is 47.4 Å². The van der Waals surface area contributed by atoms with Gasteiger partial charge in [0.2, 0.25) is 11.8 Å². The number of piperidine rings is 1. The summed E-state index contributed by atoms with van der Waals surface area (Å²) < 4.78 is 18.1. The molecule has 1 spiro atoms. The minimum absolute atomic E-state index is 0.0202. The topological polar surface area (TPSA) is 231 Å². The number of likely N-dealkylation sites (N-methyl/N-ethyl adjacent to an activating group) is 2. The third-order valence-electron chi connectivity index (χ3n) is 9.73. The fraction of sp³-hybridized carbons (Fsp3) is 0.581. The second kappa shape index (κ2) is 13.3. The van der Waals surface area contributed by atoms with Gasteiger partial charge in [0.25, 0.3) is 0 Å². The number of rotatable bonds is 13. The molecule has 2 aliphatic heterocycles. The van der Waals surface area contributed by atoms with Gasteiger partial charge in [-0.1, -0.05) is 6.07 Å². The van der Waals surface area contributed by atoms with Crippen LogP contribution in [0.5, 0.6) is 11.5 Å². The Balaban J connectivity index is 1.23. The maximum Gasteiger partial charge on any atom is 0.414 e. The average molecular weight is 658 g/mol. The number of aliphatic hydroxyl groups is 1. The average Bonchev–Trinajstić information content (AvgIpc) is 3.37. The number of ether oxygens (including phenoxy) is 3. The number of amides is 3. The fourth-order valence-electron chi connectivity index (χ4n) is 7.48. The summed E-state index contributed by atoms with van der Waals surface area (Å²) in [5.74, 6) is -1.38. The zero-order valence-electron chi connectivity index (χ0n) is 26.8. The van der Waals surface area contributed by atoms with Crippen molar-refractivity contribution in [2.24, 2.45) is 16.5 Å². The van der Waals surface area contributed by atoms with Crippen LogP contribution < -0.4 is 31.6 Å². The number of hydrogen-bond donors (Lipinski definition) is 6. The Morgan fingerprint density at radius 3 is 2.74 bits per heavy atom. The van der Waals surface area contributed by atoms with Gasteiger partial charge in [-0.2, -0.15) is 0 Å². The minimum Gasteiger partial charge on any atom is -0.493 e. The number of nitrogens with one attached hydrogen (secondary N) is 2. The van der Waals surface area contributed by atoms with Crippen LogP contribution in [-0.2, 0) is 31.0 Å². The summed E-state index contributed by atoms with van der Waals surface area (Å²) in [5, 5.41) is 26.3. The lowest BCUT2D eigenvalue weighted by atomic mass is 9.50. The summed E-state index contributed by atoms with van der Waals surface area (Å²) in [6, 6.07) is 2.72. The van der Waals surface area contributed by atoms with Crippen LogP contribution in [-0.4, -0.2) is 121 Å². The largest absolute Gasteiger partial charge is 0.493 e. The number of aliphatic carboxylic acids is 1. The molecule has 4 aliphatic rings. The van der Waals surface area contributed by atoms with Crippen LogP contribution in [0.3, 0.4) is 0 Å². The van der Waals surface area contributed by atoms with Crippen LogP contribution in [0.4, 0.5) is 4.79 Å². The maximum absolute atomic E-state index is 13.3. The van der Waals surface area contributed by atoms with E-state index >= 15 is 0 Å². The number of carbonyl (C=O) groups is 4. The second-order valence-corrected chi connectivity index (χ2v) is 12.5. The summed E-state index contributed by atoms with van der Waals surface area (Å²) >= 11 is 0. The lowest BCUT2D eigenvalue weighted by Gasteiger charge is -2.61. The lowest BCUT2D eigenvalue weighted by Crippen LogP contribution is -2.74. The van der Waals surface area contributed by atoms with Gasteiger partial charge in [0.1, 0.15) is 18.2 Å². The lowest BCUT2D eigenvalue weighted by molar-refractivity contribution is -0.163. The van der Waals surface area contributed by atoms with Crippen molar-refractivity contribution in [3.63, 3.8) is 0 Å². The highest BCUT2D eigenvalue weighted by Gasteiger charge is 2.72. The number of hydrogen-bond acceptors (Lipinski definition) is 10. The number of carboxylic acids is 1. The van der Waals surface area contributed by atoms with Crippen LogP contribution >= 0.6 is 0 Å². The maximum atomic E-state index is 13.3. The minimum atomic E-state index is -1.33. The molecule has 0 aromatic heterocycles. The van der Waals surface area contributed by atoms with E-state index in [1.165, 1.54) is 11.9 Å². The molecule has 0 radical (unpaired) electrons. The molecule has 1 aromatic rings. The molecule has 2 aliphatic carbocycles. The zero-order chi connectivity index (χ0) is 34.1. The van der Waals surface area contributed by atoms with Gasteiger partial charge in [-0.3, -0.25) is 19.4 Å². The van der Waals surface area contributed by atoms with E-state index in [9.17, 15) is 24.3 Å². The standard InChI is InChI=1S/C31H43N7O9/c1-37-13-10-30-24-17-6-7-19(45-3)25(24)47-26(30)20(8-9-31(30,44)21(37)15-17)46-29(43)38(2)14-12-34-27(42)18(5-4-11-35-28(32)33)36-22(39)16-23(40)41/h6-8,18,21,26,44H,4-5,9-16H2,1-3H3,(H,34,42)(H,36,39)(H,40,41)(H4,32,33,35)/t18-,21-,26+,30+,31-/m1/s1. The highest BCUT2D eigenvalue weighted by Crippen LogP contribution is 2.65. The van der Waals surface area contributed by atoms with Crippen molar-refractivity contribution in [1.29, 1.82) is 0 Å². The first-order chi connectivity index (χ1) is 22.3. The predicted octanol–water partition coefficient (Wildman–Crippen LogP) is -0.829. The normalized spacial score (nSPS) is 25.7. The first kappa shape index (κ1) is 33.8. The SMILES string of the molecule is COc1ccc2c3c1O[C@H]1C(OC(=O)N(C)CCNC(=O)[C@@H](CCCN=C(N)N)NC(=O)CC(=O)O)=CC[C@@]4(O)[C@@H](C2)N(C)CC[C@]314. The summed E-state index contributed by atoms with van der Waals surface area (Å²) in [4.78, 5) is 56.5. The molecule has 8 N–H and O–H groups in total. The first-order valence-electron chi connectivity index (χ1n) is 15.6. The van der Waals surface area contributed by atoms with Crippen molar-refractivity contribution in [1.82, 2.24) is 20.4 Å². The molecule has 2 bridgehead atoms. The fourth-order valence-corrected chi connectivity index (χ4v) is 7.48. The number of carboxylic acid groups (broad SMARTS) is 1. The van der Waals surface area contributed by atoms with Crippen LogP contribution in [0.2, 0.25) is 0 Å². The molecule has 5 rings (SSSR count). The third-order valence-corrected chi connectivity index (χ3v) is 9.73. The Bertz CT molecular complexity index is 1500. The molecule has 47 heavy (non-hydrogen) atoms. The molecule has 0 saturated carbocycles. The van der Waals surface area contributed by atoms with Crippen molar-refractivity contribution in [2.45, 2.75) is 67.7 Å². The van der Waals surface area contributed by atoms with E-state index in [1.807, 2.05) is 19.2 Å². The predicted molar refractivity (Wildman–Crippen MR) is 168 cm³/mol. The summed E-state index contributed by atoms with van der Waals surface area (Å²) in [6.45, 7) is 1.03. The molecular formula is C31H43N7O9. The number of methoxy groups -OCH3 is 1. The Morgan fingerprint density at radius 2 is 2.04 bits per heavy atom. The molecule has 2 heterocycles. The van der Waals surface area contributed by atoms with Crippen molar-refractivity contribution < 1.29 is 43.6 Å². The van der Waals surface area contributed by atoms with Gasteiger partial charge >= 0.3 is 12.1 Å². The van der Waals surface area contributed by atoms with Crippen LogP contribution in [0.15, 0.2) is 29.0 Å². The first-order valence-corrected chi connectivity index (χ1v) is 15.6. The number of nitrogens with zero attached hydrogens (tertiary/aromatic N) is 3. The molecular weight excluding hydrogens is 614 g/mol. The Kier molecular flexibility index (Phi) is 9.54. The van der Waals surface area contributed by atoms with Crippen LogP contribution in [0.1, 0.15) is 43.2 Å². The highest BCUT2D eigenvalue weighted by molar-refractivity contribution is 5.96. The highest BCUT2D eigenvalue weighted by atomic mass is 16.6. The third kappa shape index (κ3) is 6.14. The van der Waals surface area contributed by atoms with E-state index in [1.54, 1.807) is 13.2 Å². The Hall–Kier alpha value is -4.57. The van der Waals surface area contributed by atoms with E-state index in [0.29, 0.717) is 36.5 Å². The second-order valence-electron chi connectivity index (χ2n) is 12.5. The Labute approximate surface area is 272 Å². The van der Waals surface area contributed by atoms with Gasteiger partial charge in [-0.05, 0) is 57.0 Å². The van der Waals surface area contributed by atoms with Gasteiger partial charge in [-0.25, -0.2) is 4.79 Å². The van der Waals surface area contributed by atoms with Crippen molar-refractivity contribution >= 4 is 29.8 Å². The smallest absolute Gasteiger partial charge is 0.414 e. The van der Waals surface area contributed by atoms with Gasteiger partial charge in [0.05, 0.1) is 18.1 Å². The monoisotopic (exact) mass is 657 g/mol.